The summed E-state index contributed by atoms with van der Waals surface area (Å²) in [4.78, 5) is 11.8. The molecule has 0 spiro atoms. The van der Waals surface area contributed by atoms with Crippen molar-refractivity contribution in [3.05, 3.63) is 47.3 Å². The molecular weight excluding hydrogens is 324 g/mol. The Kier molecular flexibility index (Phi) is 5.77. The second-order valence-electron chi connectivity index (χ2n) is 7.74. The lowest BCUT2D eigenvalue weighted by atomic mass is 10.00. The Morgan fingerprint density at radius 1 is 1.12 bits per heavy atom. The highest BCUT2D eigenvalue weighted by atomic mass is 16.3. The summed E-state index contributed by atoms with van der Waals surface area (Å²) in [6.45, 7) is 10.3. The number of benzene rings is 1. The van der Waals surface area contributed by atoms with Crippen LogP contribution >= 0.6 is 0 Å². The van der Waals surface area contributed by atoms with Crippen molar-refractivity contribution in [3.8, 4) is 0 Å². The molecule has 5 heteroatoms. The van der Waals surface area contributed by atoms with Gasteiger partial charge in [0.15, 0.2) is 0 Å². The molecule has 0 aliphatic carbocycles. The second-order valence-corrected chi connectivity index (χ2v) is 7.74. The first-order valence-corrected chi connectivity index (χ1v) is 9.56. The van der Waals surface area contributed by atoms with E-state index in [1.807, 2.05) is 6.07 Å². The molecule has 0 saturated heterocycles. The minimum Gasteiger partial charge on any atom is -0.394 e. The zero-order valence-electron chi connectivity index (χ0n) is 16.2. The predicted octanol–water partition coefficient (Wildman–Crippen LogP) is 3.59. The van der Waals surface area contributed by atoms with Gasteiger partial charge in [-0.05, 0) is 23.5 Å². The van der Waals surface area contributed by atoms with Crippen molar-refractivity contribution in [2.45, 2.75) is 52.6 Å². The van der Waals surface area contributed by atoms with E-state index in [0.29, 0.717) is 5.92 Å². The van der Waals surface area contributed by atoms with Crippen molar-refractivity contribution < 1.29 is 5.11 Å². The van der Waals surface area contributed by atoms with Gasteiger partial charge in [-0.2, -0.15) is 0 Å². The van der Waals surface area contributed by atoms with Crippen LogP contribution in [-0.4, -0.2) is 34.3 Å². The number of nitrogens with zero attached hydrogens (tertiary/aromatic N) is 3. The van der Waals surface area contributed by atoms with Crippen molar-refractivity contribution in [3.63, 3.8) is 0 Å². The Morgan fingerprint density at radius 2 is 1.85 bits per heavy atom. The van der Waals surface area contributed by atoms with Crippen molar-refractivity contribution in [2.24, 2.45) is 5.92 Å². The van der Waals surface area contributed by atoms with Crippen molar-refractivity contribution in [2.75, 3.05) is 23.4 Å². The maximum atomic E-state index is 9.65. The predicted molar refractivity (Wildman–Crippen MR) is 107 cm³/mol. The van der Waals surface area contributed by atoms with E-state index in [2.05, 4.69) is 67.2 Å². The molecule has 5 nitrogen and oxygen atoms in total. The van der Waals surface area contributed by atoms with Crippen LogP contribution in [0, 0.1) is 5.92 Å². The molecule has 1 aliphatic heterocycles. The minimum atomic E-state index is -0.0140. The topological polar surface area (TPSA) is 61.3 Å². The molecule has 2 heterocycles. The summed E-state index contributed by atoms with van der Waals surface area (Å²) in [6, 6.07) is 10.6. The molecule has 1 aromatic heterocycles. The fraction of sp³-hybridized carbons (Fsp3) is 0.524. The molecule has 0 radical (unpaired) electrons. The van der Waals surface area contributed by atoms with Gasteiger partial charge in [0.1, 0.15) is 17.5 Å². The summed E-state index contributed by atoms with van der Waals surface area (Å²) < 4.78 is 0. The van der Waals surface area contributed by atoms with Crippen molar-refractivity contribution in [1.82, 2.24) is 9.97 Å². The average Bonchev–Trinajstić information content (AvgIpc) is 2.65. The van der Waals surface area contributed by atoms with Crippen LogP contribution in [0.3, 0.4) is 0 Å². The lowest BCUT2D eigenvalue weighted by Gasteiger charge is -2.31. The van der Waals surface area contributed by atoms with Crippen molar-refractivity contribution >= 4 is 11.6 Å². The van der Waals surface area contributed by atoms with E-state index in [9.17, 15) is 5.11 Å². The highest BCUT2D eigenvalue weighted by molar-refractivity contribution is 5.52. The lowest BCUT2D eigenvalue weighted by Crippen LogP contribution is -2.32. The average molecular weight is 354 g/mol. The summed E-state index contributed by atoms with van der Waals surface area (Å²) in [5.41, 5.74) is 2.80. The third-order valence-corrected chi connectivity index (χ3v) is 5.04. The van der Waals surface area contributed by atoms with Gasteiger partial charge in [0.2, 0.25) is 0 Å². The van der Waals surface area contributed by atoms with Gasteiger partial charge in [-0.15, -0.1) is 0 Å². The number of aromatic nitrogens is 2. The largest absolute Gasteiger partial charge is 0.394 e. The normalized spacial score (nSPS) is 15.3. The molecule has 0 unspecified atom stereocenters. The molecule has 140 valence electrons. The van der Waals surface area contributed by atoms with Gasteiger partial charge in [0, 0.05) is 25.1 Å². The van der Waals surface area contributed by atoms with Crippen LogP contribution in [0.4, 0.5) is 11.6 Å². The van der Waals surface area contributed by atoms with E-state index in [0.717, 1.165) is 37.0 Å². The third-order valence-electron chi connectivity index (χ3n) is 5.04. The molecule has 2 N–H and O–H groups in total. The van der Waals surface area contributed by atoms with Crippen LogP contribution in [0.2, 0.25) is 0 Å². The lowest BCUT2D eigenvalue weighted by molar-refractivity contribution is 0.249. The Balaban J connectivity index is 1.89. The number of fused-ring (bicyclic) bond motifs is 1. The number of anilines is 2. The van der Waals surface area contributed by atoms with E-state index < -0.39 is 0 Å². The van der Waals surface area contributed by atoms with Gasteiger partial charge >= 0.3 is 0 Å². The highest BCUT2D eigenvalue weighted by Crippen LogP contribution is 2.26. The number of hydrogen-bond donors (Lipinski definition) is 2. The third kappa shape index (κ3) is 4.15. The molecule has 3 rings (SSSR count). The second kappa shape index (κ2) is 8.04. The van der Waals surface area contributed by atoms with E-state index >= 15 is 0 Å². The van der Waals surface area contributed by atoms with Gasteiger partial charge in [-0.1, -0.05) is 52.0 Å². The number of rotatable bonds is 6. The van der Waals surface area contributed by atoms with E-state index in [1.54, 1.807) is 0 Å². The minimum absolute atomic E-state index is 0.0140. The summed E-state index contributed by atoms with van der Waals surface area (Å²) in [6.07, 6.45) is 1.03. The maximum Gasteiger partial charge on any atom is 0.135 e. The van der Waals surface area contributed by atoms with E-state index in [4.69, 9.17) is 4.98 Å². The van der Waals surface area contributed by atoms with Gasteiger partial charge in [-0.3, -0.25) is 0 Å². The SMILES string of the molecule is CC(C)c1nc(N[C@H](CO)C(C)C)cc(N2CCc3ccccc3C2)n1. The summed E-state index contributed by atoms with van der Waals surface area (Å²) in [5, 5.41) is 13.0. The van der Waals surface area contributed by atoms with Gasteiger partial charge in [0.05, 0.1) is 12.6 Å². The standard InChI is InChI=1S/C21H30N4O/c1-14(2)18(13-26)22-19-11-20(24-21(23-19)15(3)4)25-10-9-16-7-5-6-8-17(16)12-25/h5-8,11,14-15,18,26H,9-10,12-13H2,1-4H3,(H,22,23,24)/t18-/m1/s1. The van der Waals surface area contributed by atoms with Crippen molar-refractivity contribution in [1.29, 1.82) is 0 Å². The number of aliphatic hydroxyl groups is 1. The summed E-state index contributed by atoms with van der Waals surface area (Å²) in [7, 11) is 0. The summed E-state index contributed by atoms with van der Waals surface area (Å²) in [5.74, 6) is 3.16. The number of hydrogen-bond acceptors (Lipinski definition) is 5. The fourth-order valence-corrected chi connectivity index (χ4v) is 3.25. The molecular formula is C21H30N4O. The fourth-order valence-electron chi connectivity index (χ4n) is 3.25. The Bertz CT molecular complexity index is 745. The van der Waals surface area contributed by atoms with Crippen LogP contribution in [-0.2, 0) is 13.0 Å². The van der Waals surface area contributed by atoms with E-state index in [1.165, 1.54) is 11.1 Å². The Hall–Kier alpha value is -2.14. The summed E-state index contributed by atoms with van der Waals surface area (Å²) >= 11 is 0. The molecule has 0 bridgehead atoms. The Labute approximate surface area is 156 Å². The zero-order valence-corrected chi connectivity index (χ0v) is 16.2. The molecule has 1 atom stereocenters. The van der Waals surface area contributed by atoms with Gasteiger partial charge < -0.3 is 15.3 Å². The highest BCUT2D eigenvalue weighted by Gasteiger charge is 2.20. The van der Waals surface area contributed by atoms with Gasteiger partial charge in [-0.25, -0.2) is 9.97 Å². The van der Waals surface area contributed by atoms with Gasteiger partial charge in [0.25, 0.3) is 0 Å². The molecule has 2 aromatic rings. The first-order valence-electron chi connectivity index (χ1n) is 9.56. The zero-order chi connectivity index (χ0) is 18.7. The first-order chi connectivity index (χ1) is 12.5. The van der Waals surface area contributed by atoms with Crippen LogP contribution in [0.25, 0.3) is 0 Å². The Morgan fingerprint density at radius 3 is 2.50 bits per heavy atom. The smallest absolute Gasteiger partial charge is 0.135 e. The van der Waals surface area contributed by atoms with E-state index in [-0.39, 0.29) is 18.6 Å². The van der Waals surface area contributed by atoms with Crippen LogP contribution in [0.1, 0.15) is 50.6 Å². The molecule has 0 fully saturated rings. The molecule has 0 saturated carbocycles. The van der Waals surface area contributed by atoms with Crippen LogP contribution < -0.4 is 10.2 Å². The molecule has 0 amide bonds. The quantitative estimate of drug-likeness (QED) is 0.830. The van der Waals surface area contributed by atoms with Crippen LogP contribution in [0.15, 0.2) is 30.3 Å². The first kappa shape index (κ1) is 18.6. The molecule has 26 heavy (non-hydrogen) atoms. The molecule has 1 aliphatic rings. The monoisotopic (exact) mass is 354 g/mol. The maximum absolute atomic E-state index is 9.65. The number of aliphatic hydroxyl groups excluding tert-OH is 1. The van der Waals surface area contributed by atoms with Crippen LogP contribution in [0.5, 0.6) is 0 Å². The number of nitrogens with one attached hydrogen (secondary N) is 1. The molecule has 1 aromatic carbocycles.